The van der Waals surface area contributed by atoms with Crippen molar-refractivity contribution in [2.75, 3.05) is 52.9 Å². The molecule has 0 aliphatic heterocycles. The summed E-state index contributed by atoms with van der Waals surface area (Å²) in [6.07, 6.45) is 0.231. The minimum atomic E-state index is -1.10. The van der Waals surface area contributed by atoms with Gasteiger partial charge in [-0.25, -0.2) is 4.79 Å². The lowest BCUT2D eigenvalue weighted by atomic mass is 9.87. The molecule has 0 bridgehead atoms. The number of ether oxygens (including phenoxy) is 1. The van der Waals surface area contributed by atoms with Gasteiger partial charge in [0.05, 0.1) is 51.7 Å². The molecule has 24 heavy (non-hydrogen) atoms. The summed E-state index contributed by atoms with van der Waals surface area (Å²) < 4.78 is 5.22. The molecule has 0 heterocycles. The highest BCUT2D eigenvalue weighted by Crippen LogP contribution is 2.21. The SMILES string of the molecule is C=C(C)C(=O)O.OCC(CO)(CO)CCOCC(CO)(CO)CO. The molecule has 9 heteroatoms. The standard InChI is InChI=1S/C11H24O7.C4H6O2/c12-3-10(4-13,5-14)1-2-18-9-11(6-15,7-16)8-17;1-3(2)4(5)6/h12-17H,1-9H2;1H2,2H3,(H,5,6). The number of carbonyl (C=O) groups is 1. The molecule has 0 rings (SSSR count). The monoisotopic (exact) mass is 354 g/mol. The minimum Gasteiger partial charge on any atom is -0.478 e. The van der Waals surface area contributed by atoms with Gasteiger partial charge in [0.2, 0.25) is 0 Å². The van der Waals surface area contributed by atoms with Crippen LogP contribution in [-0.4, -0.2) is 94.6 Å². The van der Waals surface area contributed by atoms with Crippen molar-refractivity contribution in [2.24, 2.45) is 10.8 Å². The number of rotatable bonds is 12. The van der Waals surface area contributed by atoms with E-state index in [-0.39, 0.29) is 45.0 Å². The topological polar surface area (TPSA) is 168 Å². The van der Waals surface area contributed by atoms with Crippen molar-refractivity contribution in [2.45, 2.75) is 13.3 Å². The normalized spacial score (nSPS) is 11.6. The van der Waals surface area contributed by atoms with Crippen molar-refractivity contribution in [3.63, 3.8) is 0 Å². The number of aliphatic hydroxyl groups excluding tert-OH is 6. The van der Waals surface area contributed by atoms with E-state index in [0.717, 1.165) is 0 Å². The Bertz CT molecular complexity index is 298. The number of carboxylic acid groups (broad SMARTS) is 1. The summed E-state index contributed by atoms with van der Waals surface area (Å²) >= 11 is 0. The molecule has 0 radical (unpaired) electrons. The zero-order valence-corrected chi connectivity index (χ0v) is 14.0. The first kappa shape index (κ1) is 25.2. The minimum absolute atomic E-state index is 0.0468. The largest absolute Gasteiger partial charge is 0.478 e. The van der Waals surface area contributed by atoms with E-state index in [0.29, 0.717) is 0 Å². The number of aliphatic hydroxyl groups is 6. The van der Waals surface area contributed by atoms with E-state index in [1.807, 2.05) is 0 Å². The first-order valence-corrected chi connectivity index (χ1v) is 7.33. The van der Waals surface area contributed by atoms with Gasteiger partial charge in [0.25, 0.3) is 0 Å². The van der Waals surface area contributed by atoms with Crippen LogP contribution in [0.5, 0.6) is 0 Å². The van der Waals surface area contributed by atoms with Gasteiger partial charge in [0.15, 0.2) is 0 Å². The van der Waals surface area contributed by atoms with Crippen LogP contribution in [0.15, 0.2) is 12.2 Å². The van der Waals surface area contributed by atoms with Gasteiger partial charge in [-0.2, -0.15) is 0 Å². The van der Waals surface area contributed by atoms with Crippen molar-refractivity contribution in [3.05, 3.63) is 12.2 Å². The molecule has 0 aliphatic rings. The van der Waals surface area contributed by atoms with Crippen molar-refractivity contribution in [1.29, 1.82) is 0 Å². The van der Waals surface area contributed by atoms with Crippen LogP contribution in [0.1, 0.15) is 13.3 Å². The molecular formula is C15H30O9. The van der Waals surface area contributed by atoms with E-state index >= 15 is 0 Å². The lowest BCUT2D eigenvalue weighted by Crippen LogP contribution is -2.40. The van der Waals surface area contributed by atoms with Gasteiger partial charge in [0.1, 0.15) is 0 Å². The maximum Gasteiger partial charge on any atom is 0.330 e. The highest BCUT2D eigenvalue weighted by Gasteiger charge is 2.30. The summed E-state index contributed by atoms with van der Waals surface area (Å²) in [6.45, 7) is 2.35. The fraction of sp³-hybridized carbons (Fsp3) is 0.800. The fourth-order valence-corrected chi connectivity index (χ4v) is 1.25. The Morgan fingerprint density at radius 1 is 0.875 bits per heavy atom. The molecule has 144 valence electrons. The van der Waals surface area contributed by atoms with Crippen molar-refractivity contribution in [3.8, 4) is 0 Å². The Hall–Kier alpha value is -1.07. The van der Waals surface area contributed by atoms with Crippen LogP contribution < -0.4 is 0 Å². The zero-order chi connectivity index (χ0) is 19.2. The van der Waals surface area contributed by atoms with E-state index in [4.69, 9.17) is 40.5 Å². The van der Waals surface area contributed by atoms with Gasteiger partial charge in [-0.15, -0.1) is 0 Å². The molecule has 0 saturated carbocycles. The van der Waals surface area contributed by atoms with Crippen LogP contribution in [-0.2, 0) is 9.53 Å². The van der Waals surface area contributed by atoms with Gasteiger partial charge in [-0.1, -0.05) is 6.58 Å². The summed E-state index contributed by atoms with van der Waals surface area (Å²) in [7, 11) is 0. The molecular weight excluding hydrogens is 324 g/mol. The molecule has 0 aliphatic carbocycles. The van der Waals surface area contributed by atoms with E-state index in [1.54, 1.807) is 0 Å². The predicted octanol–water partition coefficient (Wildman–Crippen LogP) is -2.03. The zero-order valence-electron chi connectivity index (χ0n) is 14.0. The third kappa shape index (κ3) is 9.28. The molecule has 0 aromatic carbocycles. The average molecular weight is 354 g/mol. The summed E-state index contributed by atoms with van der Waals surface area (Å²) in [5.74, 6) is -0.935. The number of aliphatic carboxylic acids is 1. The van der Waals surface area contributed by atoms with E-state index in [1.165, 1.54) is 6.92 Å². The van der Waals surface area contributed by atoms with E-state index in [2.05, 4.69) is 6.58 Å². The van der Waals surface area contributed by atoms with Crippen LogP contribution in [0.4, 0.5) is 0 Å². The average Bonchev–Trinajstić information content (AvgIpc) is 2.60. The van der Waals surface area contributed by atoms with Gasteiger partial charge < -0.3 is 40.5 Å². The van der Waals surface area contributed by atoms with Crippen LogP contribution in [0.25, 0.3) is 0 Å². The lowest BCUT2D eigenvalue weighted by molar-refractivity contribution is -0.132. The Morgan fingerprint density at radius 2 is 1.21 bits per heavy atom. The van der Waals surface area contributed by atoms with Gasteiger partial charge in [-0.3, -0.25) is 0 Å². The van der Waals surface area contributed by atoms with E-state index < -0.39 is 36.6 Å². The highest BCUT2D eigenvalue weighted by molar-refractivity contribution is 5.84. The molecule has 0 saturated heterocycles. The third-order valence-corrected chi connectivity index (χ3v) is 3.56. The van der Waals surface area contributed by atoms with Gasteiger partial charge >= 0.3 is 5.97 Å². The second kappa shape index (κ2) is 13.2. The molecule has 0 aromatic heterocycles. The van der Waals surface area contributed by atoms with Crippen LogP contribution in [0, 0.1) is 10.8 Å². The number of carboxylic acids is 1. The quantitative estimate of drug-likeness (QED) is 0.154. The van der Waals surface area contributed by atoms with E-state index in [9.17, 15) is 4.79 Å². The van der Waals surface area contributed by atoms with Crippen LogP contribution >= 0.6 is 0 Å². The van der Waals surface area contributed by atoms with Crippen molar-refractivity contribution < 1.29 is 45.3 Å². The molecule has 0 spiro atoms. The molecule has 0 aromatic rings. The summed E-state index contributed by atoms with van der Waals surface area (Å²) in [5, 5.41) is 62.3. The first-order chi connectivity index (χ1) is 11.2. The maximum atomic E-state index is 9.60. The summed E-state index contributed by atoms with van der Waals surface area (Å²) in [6, 6.07) is 0. The molecule has 0 fully saturated rings. The third-order valence-electron chi connectivity index (χ3n) is 3.56. The smallest absolute Gasteiger partial charge is 0.330 e. The predicted molar refractivity (Wildman–Crippen MR) is 85.3 cm³/mol. The molecule has 7 N–H and O–H groups in total. The van der Waals surface area contributed by atoms with Crippen LogP contribution in [0.3, 0.4) is 0 Å². The second-order valence-corrected chi connectivity index (χ2v) is 5.84. The Labute approximate surface area is 141 Å². The molecule has 0 unspecified atom stereocenters. The van der Waals surface area contributed by atoms with Gasteiger partial charge in [-0.05, 0) is 13.3 Å². The van der Waals surface area contributed by atoms with Gasteiger partial charge in [0, 0.05) is 17.6 Å². The Morgan fingerprint density at radius 3 is 1.46 bits per heavy atom. The van der Waals surface area contributed by atoms with Crippen molar-refractivity contribution in [1.82, 2.24) is 0 Å². The summed E-state index contributed by atoms with van der Waals surface area (Å²) in [5.41, 5.74) is -1.92. The molecule has 0 amide bonds. The van der Waals surface area contributed by atoms with Crippen molar-refractivity contribution >= 4 is 5.97 Å². The number of hydrogen-bond acceptors (Lipinski definition) is 8. The molecule has 9 nitrogen and oxygen atoms in total. The Kier molecular flexibility index (Phi) is 13.9. The number of hydrogen-bond donors (Lipinski definition) is 7. The first-order valence-electron chi connectivity index (χ1n) is 7.33. The Balaban J connectivity index is 0. The summed E-state index contributed by atoms with van der Waals surface area (Å²) in [4.78, 5) is 9.60. The maximum absolute atomic E-state index is 9.60. The lowest BCUT2D eigenvalue weighted by Gasteiger charge is -2.29. The fourth-order valence-electron chi connectivity index (χ4n) is 1.25. The van der Waals surface area contributed by atoms with Crippen LogP contribution in [0.2, 0.25) is 0 Å². The highest BCUT2D eigenvalue weighted by atomic mass is 16.5. The molecule has 0 atom stereocenters. The second-order valence-electron chi connectivity index (χ2n) is 5.84.